The molecular formula is C23H28O4S. The van der Waals surface area contributed by atoms with Crippen LogP contribution in [0.15, 0.2) is 51.7 Å². The molecular weight excluding hydrogens is 372 g/mol. The summed E-state index contributed by atoms with van der Waals surface area (Å²) in [6, 6.07) is 3.67. The molecule has 1 aliphatic rings. The van der Waals surface area contributed by atoms with Crippen LogP contribution in [0.3, 0.4) is 0 Å². The molecule has 1 aromatic rings. The third-order valence-electron chi connectivity index (χ3n) is 5.80. The Morgan fingerprint density at radius 3 is 2.14 bits per heavy atom. The van der Waals surface area contributed by atoms with Crippen molar-refractivity contribution in [3.63, 3.8) is 0 Å². The number of aryl methyl sites for hydroxylation is 2. The third kappa shape index (κ3) is 3.81. The first-order chi connectivity index (χ1) is 12.9. The molecule has 0 fully saturated rings. The van der Waals surface area contributed by atoms with Crippen LogP contribution in [0.2, 0.25) is 0 Å². The van der Waals surface area contributed by atoms with Crippen molar-refractivity contribution in [3.05, 3.63) is 63.5 Å². The predicted molar refractivity (Wildman–Crippen MR) is 114 cm³/mol. The molecule has 5 heteroatoms. The lowest BCUT2D eigenvalue weighted by molar-refractivity contribution is -0.132. The highest BCUT2D eigenvalue weighted by Gasteiger charge is 2.41. The summed E-state index contributed by atoms with van der Waals surface area (Å²) in [5, 5.41) is 9.63. The second-order valence-electron chi connectivity index (χ2n) is 7.88. The molecule has 0 aliphatic heterocycles. The zero-order chi connectivity index (χ0) is 21.4. The number of aliphatic carboxylic acids is 1. The molecule has 0 spiro atoms. The Kier molecular flexibility index (Phi) is 6.29. The van der Waals surface area contributed by atoms with Gasteiger partial charge in [-0.15, -0.1) is 12.6 Å². The number of allylic oxidation sites excluding steroid dienone is 3. The average Bonchev–Trinajstić information content (AvgIpc) is 2.60. The normalized spacial score (nSPS) is 19.4. The first-order valence-corrected chi connectivity index (χ1v) is 9.60. The standard InChI is InChI=1S/C23H28O4S/c1-12-10-16(11-13(2)21(12)28)18(24)9-8-17-20(27-7)14(3)19(22(25)26)15(4)23(17,5)6/h8-11,17,28H,1-7H3,(H,25,26). The molecule has 0 bridgehead atoms. The van der Waals surface area contributed by atoms with Crippen LogP contribution in [0.1, 0.15) is 49.2 Å². The van der Waals surface area contributed by atoms with E-state index in [2.05, 4.69) is 12.6 Å². The van der Waals surface area contributed by atoms with Crippen molar-refractivity contribution >= 4 is 24.4 Å². The van der Waals surface area contributed by atoms with Gasteiger partial charge in [-0.3, -0.25) is 4.79 Å². The molecule has 0 radical (unpaired) electrons. The summed E-state index contributed by atoms with van der Waals surface area (Å²) in [4.78, 5) is 25.4. The fourth-order valence-electron chi connectivity index (χ4n) is 3.83. The zero-order valence-electron chi connectivity index (χ0n) is 17.5. The summed E-state index contributed by atoms with van der Waals surface area (Å²) in [5.74, 6) is -0.728. The van der Waals surface area contributed by atoms with Crippen LogP contribution in [-0.2, 0) is 9.53 Å². The topological polar surface area (TPSA) is 63.6 Å². The molecule has 28 heavy (non-hydrogen) atoms. The highest BCUT2D eigenvalue weighted by atomic mass is 32.1. The minimum absolute atomic E-state index is 0.103. The van der Waals surface area contributed by atoms with Gasteiger partial charge in [0.05, 0.1) is 12.7 Å². The molecule has 1 N–H and O–H groups in total. The predicted octanol–water partition coefficient (Wildman–Crippen LogP) is 5.31. The highest BCUT2D eigenvalue weighted by molar-refractivity contribution is 7.80. The Hall–Kier alpha value is -2.27. The number of hydrogen-bond acceptors (Lipinski definition) is 4. The quantitative estimate of drug-likeness (QED) is 0.399. The van der Waals surface area contributed by atoms with Crippen LogP contribution >= 0.6 is 12.6 Å². The molecule has 0 saturated carbocycles. The number of ketones is 1. The van der Waals surface area contributed by atoms with Crippen LogP contribution in [0.25, 0.3) is 0 Å². The van der Waals surface area contributed by atoms with E-state index in [9.17, 15) is 14.7 Å². The number of carbonyl (C=O) groups is 2. The lowest BCUT2D eigenvalue weighted by atomic mass is 9.66. The summed E-state index contributed by atoms with van der Waals surface area (Å²) in [5.41, 5.74) is 3.67. The van der Waals surface area contributed by atoms with E-state index < -0.39 is 11.4 Å². The van der Waals surface area contributed by atoms with Crippen molar-refractivity contribution in [1.82, 2.24) is 0 Å². The van der Waals surface area contributed by atoms with Crippen molar-refractivity contribution in [2.45, 2.75) is 46.4 Å². The number of ether oxygens (including phenoxy) is 1. The number of thiol groups is 1. The van der Waals surface area contributed by atoms with E-state index in [-0.39, 0.29) is 17.3 Å². The zero-order valence-corrected chi connectivity index (χ0v) is 18.4. The smallest absolute Gasteiger partial charge is 0.336 e. The number of methoxy groups -OCH3 is 1. The molecule has 4 nitrogen and oxygen atoms in total. The summed E-state index contributed by atoms with van der Waals surface area (Å²) in [6.45, 7) is 11.4. The van der Waals surface area contributed by atoms with E-state index in [0.717, 1.165) is 21.6 Å². The number of carboxylic acids is 1. The van der Waals surface area contributed by atoms with Crippen LogP contribution in [-0.4, -0.2) is 24.0 Å². The largest absolute Gasteiger partial charge is 0.500 e. The monoisotopic (exact) mass is 400 g/mol. The highest BCUT2D eigenvalue weighted by Crippen LogP contribution is 2.48. The summed E-state index contributed by atoms with van der Waals surface area (Å²) < 4.78 is 5.58. The van der Waals surface area contributed by atoms with E-state index in [1.54, 1.807) is 13.0 Å². The first kappa shape index (κ1) is 22.0. The second-order valence-corrected chi connectivity index (χ2v) is 8.33. The number of benzene rings is 1. The summed E-state index contributed by atoms with van der Waals surface area (Å²) in [6.07, 6.45) is 3.39. The maximum atomic E-state index is 12.8. The molecule has 0 heterocycles. The fourth-order valence-corrected chi connectivity index (χ4v) is 3.96. The van der Waals surface area contributed by atoms with Gasteiger partial charge >= 0.3 is 5.97 Å². The maximum Gasteiger partial charge on any atom is 0.336 e. The van der Waals surface area contributed by atoms with Gasteiger partial charge in [-0.05, 0) is 62.4 Å². The molecule has 1 aliphatic carbocycles. The third-order valence-corrected chi connectivity index (χ3v) is 6.50. The van der Waals surface area contributed by atoms with Crippen molar-refractivity contribution in [1.29, 1.82) is 0 Å². The van der Waals surface area contributed by atoms with E-state index in [1.165, 1.54) is 7.11 Å². The average molecular weight is 401 g/mol. The van der Waals surface area contributed by atoms with E-state index in [1.807, 2.05) is 52.8 Å². The van der Waals surface area contributed by atoms with Gasteiger partial charge in [-0.2, -0.15) is 0 Å². The van der Waals surface area contributed by atoms with Gasteiger partial charge < -0.3 is 9.84 Å². The Morgan fingerprint density at radius 1 is 1.14 bits per heavy atom. The maximum absolute atomic E-state index is 12.8. The van der Waals surface area contributed by atoms with Gasteiger partial charge in [-0.25, -0.2) is 4.79 Å². The number of hydrogen-bond donors (Lipinski definition) is 2. The Morgan fingerprint density at radius 2 is 1.68 bits per heavy atom. The van der Waals surface area contributed by atoms with Gasteiger partial charge in [0.25, 0.3) is 0 Å². The summed E-state index contributed by atoms with van der Waals surface area (Å²) >= 11 is 4.45. The molecule has 0 aromatic heterocycles. The van der Waals surface area contributed by atoms with Crippen molar-refractivity contribution in [3.8, 4) is 0 Å². The van der Waals surface area contributed by atoms with Crippen LogP contribution in [0.5, 0.6) is 0 Å². The lowest BCUT2D eigenvalue weighted by Gasteiger charge is -2.40. The van der Waals surface area contributed by atoms with Gasteiger partial charge in [-0.1, -0.05) is 25.5 Å². The van der Waals surface area contributed by atoms with Gasteiger partial charge in [0.1, 0.15) is 5.76 Å². The van der Waals surface area contributed by atoms with Crippen molar-refractivity contribution < 1.29 is 19.4 Å². The summed E-state index contributed by atoms with van der Waals surface area (Å²) in [7, 11) is 1.54. The molecule has 1 aromatic carbocycles. The van der Waals surface area contributed by atoms with E-state index in [4.69, 9.17) is 4.74 Å². The molecule has 1 atom stereocenters. The minimum atomic E-state index is -0.964. The molecule has 0 amide bonds. The second kappa shape index (κ2) is 8.00. The Balaban J connectivity index is 2.47. The van der Waals surface area contributed by atoms with E-state index >= 15 is 0 Å². The number of carbonyl (C=O) groups excluding carboxylic acids is 1. The SMILES string of the molecule is COC1=C(C)C(C(=O)O)=C(C)C(C)(C)C1C=CC(=O)c1cc(C)c(S)c(C)c1. The molecule has 1 unspecified atom stereocenters. The molecule has 2 rings (SSSR count). The molecule has 0 saturated heterocycles. The van der Waals surface area contributed by atoms with Gasteiger partial charge in [0.15, 0.2) is 5.78 Å². The Bertz CT molecular complexity index is 909. The Labute approximate surface area is 172 Å². The number of carboxylic acid groups (broad SMARTS) is 1. The first-order valence-electron chi connectivity index (χ1n) is 9.16. The number of rotatable bonds is 5. The van der Waals surface area contributed by atoms with Gasteiger partial charge in [0, 0.05) is 21.9 Å². The van der Waals surface area contributed by atoms with Crippen molar-refractivity contribution in [2.24, 2.45) is 11.3 Å². The van der Waals surface area contributed by atoms with Crippen molar-refractivity contribution in [2.75, 3.05) is 7.11 Å². The minimum Gasteiger partial charge on any atom is -0.500 e. The molecule has 150 valence electrons. The van der Waals surface area contributed by atoms with E-state index in [0.29, 0.717) is 16.9 Å². The van der Waals surface area contributed by atoms with Crippen LogP contribution in [0, 0.1) is 25.2 Å². The van der Waals surface area contributed by atoms with Crippen LogP contribution in [0.4, 0.5) is 0 Å². The lowest BCUT2D eigenvalue weighted by Crippen LogP contribution is -2.33. The van der Waals surface area contributed by atoms with Gasteiger partial charge in [0.2, 0.25) is 0 Å². The fraction of sp³-hybridized carbons (Fsp3) is 0.391. The van der Waals surface area contributed by atoms with Crippen LogP contribution < -0.4 is 0 Å².